The molecular weight excluding hydrogens is 244 g/mol. The van der Waals surface area contributed by atoms with Crippen LogP contribution in [0, 0.1) is 0 Å². The number of phenolic OH excluding ortho intramolecular Hbond substituents is 1. The molecule has 0 spiro atoms. The molecule has 1 aromatic carbocycles. The van der Waals surface area contributed by atoms with Crippen molar-refractivity contribution in [2.75, 3.05) is 40.3 Å². The molecule has 5 nitrogen and oxygen atoms in total. The topological polar surface area (TPSA) is 55.4 Å². The number of aromatic hydroxyl groups is 1. The minimum Gasteiger partial charge on any atom is -0.507 e. The van der Waals surface area contributed by atoms with Crippen molar-refractivity contribution in [2.24, 2.45) is 0 Å². The number of methoxy groups -OCH3 is 1. The van der Waals surface area contributed by atoms with Crippen LogP contribution in [0.5, 0.6) is 5.75 Å². The van der Waals surface area contributed by atoms with Crippen LogP contribution in [0.1, 0.15) is 15.9 Å². The summed E-state index contributed by atoms with van der Waals surface area (Å²) in [6.07, 6.45) is 0. The van der Waals surface area contributed by atoms with E-state index in [1.54, 1.807) is 17.0 Å². The highest BCUT2D eigenvalue weighted by atomic mass is 16.5. The number of likely N-dealkylation sites (N-methyl/N-ethyl adjacent to an activating group) is 1. The summed E-state index contributed by atoms with van der Waals surface area (Å²) in [7, 11) is 3.54. The molecule has 0 bridgehead atoms. The number of hydrogen-bond acceptors (Lipinski definition) is 3. The van der Waals surface area contributed by atoms with Crippen molar-refractivity contribution >= 4 is 5.97 Å². The molecule has 1 saturated heterocycles. The molecule has 1 aliphatic rings. The Morgan fingerprint density at radius 1 is 1.32 bits per heavy atom. The smallest absolute Gasteiger partial charge is 0.341 e. The SMILES string of the molecule is COC(=O)c1cc(C[NH+]2CC[NH+](C)CC2)ccc1O. The van der Waals surface area contributed by atoms with Crippen LogP contribution in [-0.4, -0.2) is 51.4 Å². The molecule has 1 fully saturated rings. The zero-order valence-corrected chi connectivity index (χ0v) is 11.5. The van der Waals surface area contributed by atoms with Crippen molar-refractivity contribution in [2.45, 2.75) is 6.54 Å². The normalized spacial score (nSPS) is 23.1. The van der Waals surface area contributed by atoms with Gasteiger partial charge in [-0.25, -0.2) is 4.79 Å². The highest BCUT2D eigenvalue weighted by Gasteiger charge is 2.21. The van der Waals surface area contributed by atoms with Crippen molar-refractivity contribution in [3.8, 4) is 5.75 Å². The molecule has 2 rings (SSSR count). The third-order valence-corrected chi connectivity index (χ3v) is 3.73. The van der Waals surface area contributed by atoms with Crippen molar-refractivity contribution in [3.63, 3.8) is 0 Å². The zero-order chi connectivity index (χ0) is 13.8. The van der Waals surface area contributed by atoms with Gasteiger partial charge in [-0.3, -0.25) is 0 Å². The first-order valence-electron chi connectivity index (χ1n) is 6.65. The molecular formula is C14H22N2O3+2. The summed E-state index contributed by atoms with van der Waals surface area (Å²) >= 11 is 0. The summed E-state index contributed by atoms with van der Waals surface area (Å²) in [5, 5.41) is 9.67. The van der Waals surface area contributed by atoms with Gasteiger partial charge in [-0.1, -0.05) is 0 Å². The number of benzene rings is 1. The molecule has 1 heterocycles. The minimum absolute atomic E-state index is 0.0200. The third kappa shape index (κ3) is 3.45. The van der Waals surface area contributed by atoms with Crippen molar-refractivity contribution in [3.05, 3.63) is 29.3 Å². The Balaban J connectivity index is 2.06. The predicted molar refractivity (Wildman–Crippen MR) is 70.5 cm³/mol. The number of quaternary nitrogens is 2. The van der Waals surface area contributed by atoms with E-state index in [1.807, 2.05) is 6.07 Å². The molecule has 1 aromatic rings. The summed E-state index contributed by atoms with van der Waals surface area (Å²) in [6.45, 7) is 5.52. The Bertz CT molecular complexity index is 454. The predicted octanol–water partition coefficient (Wildman–Crippen LogP) is -1.91. The number of ether oxygens (including phenoxy) is 1. The largest absolute Gasteiger partial charge is 0.507 e. The molecule has 0 unspecified atom stereocenters. The Kier molecular flexibility index (Phi) is 4.39. The van der Waals surface area contributed by atoms with Gasteiger partial charge in [-0.05, 0) is 18.2 Å². The van der Waals surface area contributed by atoms with E-state index in [-0.39, 0.29) is 11.3 Å². The van der Waals surface area contributed by atoms with Gasteiger partial charge in [-0.15, -0.1) is 0 Å². The van der Waals surface area contributed by atoms with E-state index < -0.39 is 5.97 Å². The van der Waals surface area contributed by atoms with Gasteiger partial charge in [0.2, 0.25) is 0 Å². The Morgan fingerprint density at radius 2 is 2.00 bits per heavy atom. The summed E-state index contributed by atoms with van der Waals surface area (Å²) in [6, 6.07) is 5.18. The fourth-order valence-corrected chi connectivity index (χ4v) is 2.46. The van der Waals surface area contributed by atoms with E-state index >= 15 is 0 Å². The average molecular weight is 266 g/mol. The number of rotatable bonds is 3. The molecule has 0 aliphatic carbocycles. The van der Waals surface area contributed by atoms with E-state index in [0.717, 1.165) is 25.2 Å². The quantitative estimate of drug-likeness (QED) is 0.560. The highest BCUT2D eigenvalue weighted by molar-refractivity contribution is 5.92. The second kappa shape index (κ2) is 6.04. The minimum atomic E-state index is -0.489. The molecule has 0 amide bonds. The lowest BCUT2D eigenvalue weighted by molar-refractivity contribution is -1.01. The summed E-state index contributed by atoms with van der Waals surface area (Å²) < 4.78 is 4.67. The van der Waals surface area contributed by atoms with E-state index in [1.165, 1.54) is 25.1 Å². The number of carbonyl (C=O) groups is 1. The van der Waals surface area contributed by atoms with Gasteiger partial charge in [0.1, 0.15) is 44.0 Å². The first-order chi connectivity index (χ1) is 9.10. The van der Waals surface area contributed by atoms with Crippen LogP contribution in [0.4, 0.5) is 0 Å². The summed E-state index contributed by atoms with van der Waals surface area (Å²) in [5.74, 6) is -0.509. The molecule has 3 N–H and O–H groups in total. The number of esters is 1. The number of piperazine rings is 1. The van der Waals surface area contributed by atoms with E-state index in [9.17, 15) is 9.90 Å². The summed E-state index contributed by atoms with van der Waals surface area (Å²) in [4.78, 5) is 14.6. The second-order valence-corrected chi connectivity index (χ2v) is 5.23. The van der Waals surface area contributed by atoms with Gasteiger partial charge < -0.3 is 19.6 Å². The molecule has 1 aliphatic heterocycles. The van der Waals surface area contributed by atoms with Crippen LogP contribution in [0.25, 0.3) is 0 Å². The first kappa shape index (κ1) is 13.8. The van der Waals surface area contributed by atoms with Gasteiger partial charge in [-0.2, -0.15) is 0 Å². The molecule has 0 aromatic heterocycles. The maximum atomic E-state index is 11.5. The van der Waals surface area contributed by atoms with Crippen LogP contribution in [0.15, 0.2) is 18.2 Å². The van der Waals surface area contributed by atoms with Crippen molar-refractivity contribution < 1.29 is 24.4 Å². The second-order valence-electron chi connectivity index (χ2n) is 5.23. The van der Waals surface area contributed by atoms with Crippen LogP contribution in [0.2, 0.25) is 0 Å². The molecule has 0 radical (unpaired) electrons. The van der Waals surface area contributed by atoms with Crippen LogP contribution >= 0.6 is 0 Å². The lowest BCUT2D eigenvalue weighted by atomic mass is 10.1. The molecule has 19 heavy (non-hydrogen) atoms. The maximum Gasteiger partial charge on any atom is 0.341 e. The molecule has 104 valence electrons. The number of hydrogen-bond donors (Lipinski definition) is 3. The monoisotopic (exact) mass is 266 g/mol. The third-order valence-electron chi connectivity index (χ3n) is 3.73. The molecule has 0 saturated carbocycles. The first-order valence-corrected chi connectivity index (χ1v) is 6.65. The maximum absolute atomic E-state index is 11.5. The average Bonchev–Trinajstić information content (AvgIpc) is 2.42. The number of nitrogens with one attached hydrogen (secondary N) is 2. The van der Waals surface area contributed by atoms with E-state index in [2.05, 4.69) is 11.8 Å². The number of carbonyl (C=O) groups excluding carboxylic acids is 1. The standard InChI is InChI=1S/C14H20N2O3/c1-15-5-7-16(8-6-15)10-11-3-4-13(17)12(9-11)14(18)19-2/h3-4,9,17H,5-8,10H2,1-2H3/p+2. The fourth-order valence-electron chi connectivity index (χ4n) is 2.46. The summed E-state index contributed by atoms with van der Waals surface area (Å²) in [5.41, 5.74) is 1.31. The molecule has 5 heteroatoms. The molecule has 0 atom stereocenters. The van der Waals surface area contributed by atoms with E-state index in [0.29, 0.717) is 0 Å². The Hall–Kier alpha value is -1.59. The van der Waals surface area contributed by atoms with E-state index in [4.69, 9.17) is 0 Å². The van der Waals surface area contributed by atoms with Gasteiger partial charge >= 0.3 is 5.97 Å². The zero-order valence-electron chi connectivity index (χ0n) is 11.5. The van der Waals surface area contributed by atoms with Crippen LogP contribution < -0.4 is 9.80 Å². The van der Waals surface area contributed by atoms with Gasteiger partial charge in [0.05, 0.1) is 14.2 Å². The van der Waals surface area contributed by atoms with Crippen LogP contribution in [0.3, 0.4) is 0 Å². The van der Waals surface area contributed by atoms with Gasteiger partial charge in [0, 0.05) is 5.56 Å². The fraction of sp³-hybridized carbons (Fsp3) is 0.500. The van der Waals surface area contributed by atoms with Crippen molar-refractivity contribution in [1.29, 1.82) is 0 Å². The van der Waals surface area contributed by atoms with Crippen LogP contribution in [-0.2, 0) is 11.3 Å². The highest BCUT2D eigenvalue weighted by Crippen LogP contribution is 2.18. The Morgan fingerprint density at radius 3 is 2.63 bits per heavy atom. The number of phenols is 1. The van der Waals surface area contributed by atoms with Gasteiger partial charge in [0.25, 0.3) is 0 Å². The Labute approximate surface area is 113 Å². The lowest BCUT2D eigenvalue weighted by Crippen LogP contribution is -3.26. The lowest BCUT2D eigenvalue weighted by Gasteiger charge is -2.27. The van der Waals surface area contributed by atoms with Gasteiger partial charge in [0.15, 0.2) is 0 Å². The van der Waals surface area contributed by atoms with Crippen molar-refractivity contribution in [1.82, 2.24) is 0 Å².